The largest absolute Gasteiger partial charge is 0.444 e. The van der Waals surface area contributed by atoms with Gasteiger partial charge in [-0.05, 0) is 76.9 Å². The van der Waals surface area contributed by atoms with Gasteiger partial charge in [0.05, 0.1) is 29.9 Å². The number of amides is 1. The molecule has 1 amide bonds. The molecular formula is C24H33F3N4O2. The van der Waals surface area contributed by atoms with Crippen LogP contribution in [0.25, 0.3) is 0 Å². The van der Waals surface area contributed by atoms with Crippen LogP contribution in [0.3, 0.4) is 0 Å². The Hall–Kier alpha value is -2.84. The fourth-order valence-corrected chi connectivity index (χ4v) is 3.67. The van der Waals surface area contributed by atoms with Crippen LogP contribution in [0.15, 0.2) is 47.2 Å². The van der Waals surface area contributed by atoms with Crippen LogP contribution < -0.4 is 5.73 Å². The zero-order valence-electron chi connectivity index (χ0n) is 19.8. The Morgan fingerprint density at radius 3 is 2.64 bits per heavy atom. The first-order chi connectivity index (χ1) is 15.4. The number of likely N-dealkylation sites (tertiary alicyclic amines) is 1. The van der Waals surface area contributed by atoms with Gasteiger partial charge in [-0.25, -0.2) is 4.79 Å². The molecule has 1 aromatic heterocycles. The van der Waals surface area contributed by atoms with Crippen molar-refractivity contribution in [1.29, 1.82) is 0 Å². The number of piperidine rings is 1. The van der Waals surface area contributed by atoms with Gasteiger partial charge in [0.15, 0.2) is 0 Å². The summed E-state index contributed by atoms with van der Waals surface area (Å²) in [5.41, 5.74) is 7.33. The smallest absolute Gasteiger partial charge is 0.410 e. The maximum atomic E-state index is 13.6. The van der Waals surface area contributed by atoms with Crippen molar-refractivity contribution in [2.24, 2.45) is 16.6 Å². The Labute approximate surface area is 193 Å². The summed E-state index contributed by atoms with van der Waals surface area (Å²) in [7, 11) is 0. The number of rotatable bonds is 5. The lowest BCUT2D eigenvalue weighted by atomic mass is 9.87. The molecule has 1 saturated heterocycles. The van der Waals surface area contributed by atoms with Crippen molar-refractivity contribution in [3.05, 3.63) is 53.5 Å². The number of nitrogens with two attached hydrogens (primary N) is 1. The third-order valence-corrected chi connectivity index (χ3v) is 5.33. The minimum absolute atomic E-state index is 0.0676. The van der Waals surface area contributed by atoms with E-state index < -0.39 is 29.8 Å². The molecule has 0 bridgehead atoms. The van der Waals surface area contributed by atoms with Crippen molar-refractivity contribution in [1.82, 2.24) is 9.88 Å². The summed E-state index contributed by atoms with van der Waals surface area (Å²) in [6.45, 7) is 8.96. The van der Waals surface area contributed by atoms with Gasteiger partial charge in [-0.1, -0.05) is 12.1 Å². The average molecular weight is 467 g/mol. The van der Waals surface area contributed by atoms with E-state index in [9.17, 15) is 18.0 Å². The van der Waals surface area contributed by atoms with E-state index in [-0.39, 0.29) is 25.9 Å². The van der Waals surface area contributed by atoms with Gasteiger partial charge in [0, 0.05) is 12.7 Å². The quantitative estimate of drug-likeness (QED) is 0.564. The fourth-order valence-electron chi connectivity index (χ4n) is 3.67. The van der Waals surface area contributed by atoms with E-state index in [1.165, 1.54) is 17.3 Å². The van der Waals surface area contributed by atoms with Crippen molar-refractivity contribution >= 4 is 11.8 Å². The summed E-state index contributed by atoms with van der Waals surface area (Å²) in [5, 5.41) is 0. The second kappa shape index (κ2) is 10.9. The monoisotopic (exact) mass is 466 g/mol. The second-order valence-corrected chi connectivity index (χ2v) is 9.05. The van der Waals surface area contributed by atoms with Crippen molar-refractivity contribution in [2.75, 3.05) is 6.54 Å². The van der Waals surface area contributed by atoms with Crippen LogP contribution in [-0.4, -0.2) is 40.0 Å². The van der Waals surface area contributed by atoms with Crippen LogP contribution in [0.5, 0.6) is 0 Å². The highest BCUT2D eigenvalue weighted by atomic mass is 19.4. The summed E-state index contributed by atoms with van der Waals surface area (Å²) in [6.07, 6.45) is 1.15. The Morgan fingerprint density at radius 1 is 1.36 bits per heavy atom. The highest BCUT2D eigenvalue weighted by Crippen LogP contribution is 2.42. The Kier molecular flexibility index (Phi) is 8.69. The van der Waals surface area contributed by atoms with E-state index in [1.807, 2.05) is 26.0 Å². The lowest BCUT2D eigenvalue weighted by molar-refractivity contribution is -0.189. The number of carbonyl (C=O) groups excluding carboxylic acids is 1. The number of hydrogen-bond acceptors (Lipinski definition) is 5. The summed E-state index contributed by atoms with van der Waals surface area (Å²) in [4.78, 5) is 23.2. The molecule has 6 nitrogen and oxygen atoms in total. The van der Waals surface area contributed by atoms with Gasteiger partial charge in [-0.2, -0.15) is 13.2 Å². The predicted molar refractivity (Wildman–Crippen MR) is 123 cm³/mol. The number of carbonyl (C=O) groups is 1. The van der Waals surface area contributed by atoms with E-state index >= 15 is 0 Å². The van der Waals surface area contributed by atoms with E-state index in [0.29, 0.717) is 17.0 Å². The molecule has 1 aliphatic rings. The molecule has 2 rings (SSSR count). The molecule has 0 spiro atoms. The van der Waals surface area contributed by atoms with Crippen LogP contribution >= 0.6 is 0 Å². The van der Waals surface area contributed by atoms with E-state index in [0.717, 1.165) is 5.57 Å². The molecule has 0 saturated carbocycles. The predicted octanol–water partition coefficient (Wildman–Crippen LogP) is 5.71. The van der Waals surface area contributed by atoms with E-state index in [2.05, 4.69) is 9.98 Å². The number of alkyl halides is 3. The number of ether oxygens (including phenoxy) is 1. The van der Waals surface area contributed by atoms with Crippen molar-refractivity contribution in [2.45, 2.75) is 71.8 Å². The lowest BCUT2D eigenvalue weighted by Crippen LogP contribution is -2.46. The first-order valence-corrected chi connectivity index (χ1v) is 10.9. The highest BCUT2D eigenvalue weighted by molar-refractivity contribution is 6.07. The van der Waals surface area contributed by atoms with Crippen LogP contribution in [0.4, 0.5) is 18.0 Å². The highest BCUT2D eigenvalue weighted by Gasteiger charge is 2.47. The maximum Gasteiger partial charge on any atom is 0.410 e. The Bertz CT molecular complexity index is 917. The SMILES string of the molecule is C/C=C\C(=NCc1cccnc1[C@H]1C[C@@H](C(F)(F)F)CCN1C(=O)OC(C)(C)C)/C(C)=C/N. The summed E-state index contributed by atoms with van der Waals surface area (Å²) >= 11 is 0. The summed E-state index contributed by atoms with van der Waals surface area (Å²) < 4.78 is 46.3. The maximum absolute atomic E-state index is 13.6. The standard InChI is InChI=1S/C24H33F3N4O2/c1-6-8-19(16(2)14-28)30-15-17-9-7-11-29-21(17)20-13-18(24(25,26)27)10-12-31(20)22(32)33-23(3,4)5/h6-9,11,14,18,20H,10,12-13,15,28H2,1-5H3/b8-6-,16-14+,30-19?/t18-,20+/m0/s1. The molecule has 2 atom stereocenters. The van der Waals surface area contributed by atoms with Gasteiger partial charge >= 0.3 is 12.3 Å². The molecule has 2 N–H and O–H groups in total. The van der Waals surface area contributed by atoms with Gasteiger partial charge in [0.2, 0.25) is 0 Å². The Balaban J connectivity index is 2.46. The number of pyridine rings is 1. The molecule has 0 radical (unpaired) electrons. The molecule has 0 aromatic carbocycles. The van der Waals surface area contributed by atoms with Gasteiger partial charge in [-0.15, -0.1) is 0 Å². The first-order valence-electron chi connectivity index (χ1n) is 10.9. The average Bonchev–Trinajstić information content (AvgIpc) is 2.74. The normalized spacial score (nSPS) is 20.9. The lowest BCUT2D eigenvalue weighted by Gasteiger charge is -2.40. The van der Waals surface area contributed by atoms with Crippen LogP contribution in [0.2, 0.25) is 0 Å². The first kappa shape index (κ1) is 26.4. The van der Waals surface area contributed by atoms with Crippen LogP contribution in [0.1, 0.15) is 64.8 Å². The number of aliphatic imine (C=N–C) groups is 1. The third-order valence-electron chi connectivity index (χ3n) is 5.33. The summed E-state index contributed by atoms with van der Waals surface area (Å²) in [5.74, 6) is -1.53. The van der Waals surface area contributed by atoms with Gasteiger partial charge in [-0.3, -0.25) is 14.9 Å². The zero-order valence-corrected chi connectivity index (χ0v) is 19.8. The molecule has 1 aliphatic heterocycles. The minimum atomic E-state index is -4.35. The van der Waals surface area contributed by atoms with Gasteiger partial charge in [0.1, 0.15) is 5.60 Å². The van der Waals surface area contributed by atoms with Crippen LogP contribution in [-0.2, 0) is 11.3 Å². The molecule has 1 fully saturated rings. The van der Waals surface area contributed by atoms with E-state index in [4.69, 9.17) is 10.5 Å². The molecular weight excluding hydrogens is 433 g/mol. The zero-order chi connectivity index (χ0) is 24.8. The number of aromatic nitrogens is 1. The van der Waals surface area contributed by atoms with Crippen molar-refractivity contribution in [3.63, 3.8) is 0 Å². The van der Waals surface area contributed by atoms with Gasteiger partial charge in [0.25, 0.3) is 0 Å². The molecule has 1 aromatic rings. The molecule has 9 heteroatoms. The molecule has 0 unspecified atom stereocenters. The Morgan fingerprint density at radius 2 is 2.06 bits per heavy atom. The van der Waals surface area contributed by atoms with Crippen molar-refractivity contribution < 1.29 is 22.7 Å². The number of hydrogen-bond donors (Lipinski definition) is 1. The molecule has 2 heterocycles. The number of allylic oxidation sites excluding steroid dienone is 3. The molecule has 182 valence electrons. The third kappa shape index (κ3) is 7.33. The van der Waals surface area contributed by atoms with E-state index in [1.54, 1.807) is 32.9 Å². The number of nitrogens with zero attached hydrogens (tertiary/aromatic N) is 3. The summed E-state index contributed by atoms with van der Waals surface area (Å²) in [6, 6.07) is 2.60. The number of halogens is 3. The van der Waals surface area contributed by atoms with Crippen LogP contribution in [0, 0.1) is 5.92 Å². The topological polar surface area (TPSA) is 80.8 Å². The molecule has 0 aliphatic carbocycles. The molecule has 33 heavy (non-hydrogen) atoms. The minimum Gasteiger partial charge on any atom is -0.444 e. The second-order valence-electron chi connectivity index (χ2n) is 9.05. The van der Waals surface area contributed by atoms with Crippen molar-refractivity contribution in [3.8, 4) is 0 Å². The fraction of sp³-hybridized carbons (Fsp3) is 0.542. The van der Waals surface area contributed by atoms with Gasteiger partial charge < -0.3 is 10.5 Å².